The van der Waals surface area contributed by atoms with Crippen LogP contribution in [-0.4, -0.2) is 29.8 Å². The molecule has 2 N–H and O–H groups in total. The molecule has 0 saturated carbocycles. The highest BCUT2D eigenvalue weighted by Gasteiger charge is 2.24. The van der Waals surface area contributed by atoms with Crippen molar-refractivity contribution in [3.8, 4) is 0 Å². The van der Waals surface area contributed by atoms with Gasteiger partial charge in [0.25, 0.3) is 11.3 Å². The van der Waals surface area contributed by atoms with Gasteiger partial charge in [0.2, 0.25) is 0 Å². The van der Waals surface area contributed by atoms with Gasteiger partial charge in [-0.15, -0.1) is 0 Å². The van der Waals surface area contributed by atoms with Gasteiger partial charge in [0, 0.05) is 12.4 Å². The summed E-state index contributed by atoms with van der Waals surface area (Å²) < 4.78 is 36.0. The molecule has 1 heterocycles. The average Bonchev–Trinajstić information content (AvgIpc) is 2.55. The van der Waals surface area contributed by atoms with E-state index in [4.69, 9.17) is 0 Å². The van der Waals surface area contributed by atoms with E-state index in [1.165, 1.54) is 18.5 Å². The molecule has 9 heteroatoms. The summed E-state index contributed by atoms with van der Waals surface area (Å²) in [5.41, 5.74) is 0.275. The third-order valence-corrected chi connectivity index (χ3v) is 3.97. The number of aromatic nitrogens is 2. The number of carboxylic acid groups (broad SMARTS) is 1. The maximum absolute atomic E-state index is 13.6. The Bertz CT molecular complexity index is 961. The zero-order valence-electron chi connectivity index (χ0n) is 12.0. The van der Waals surface area contributed by atoms with Crippen molar-refractivity contribution in [1.82, 2.24) is 9.97 Å². The maximum Gasteiger partial charge on any atom is 0.337 e. The number of aromatic carboxylic acids is 1. The number of benzene rings is 2. The molecule has 3 aromatic rings. The van der Waals surface area contributed by atoms with E-state index >= 15 is 0 Å². The number of rotatable bonds is 4. The minimum Gasteiger partial charge on any atom is -0.478 e. The van der Waals surface area contributed by atoms with Crippen LogP contribution in [0.2, 0.25) is 0 Å². The molecular weight excluding hydrogens is 337 g/mol. The number of carboxylic acids is 1. The SMILES string of the molecule is O=C(O)c1ccc(F)cc1N(c1cccc2nccnc12)S(=O)O. The Kier molecular flexibility index (Phi) is 4.19. The van der Waals surface area contributed by atoms with E-state index < -0.39 is 23.1 Å². The molecule has 2 aromatic carbocycles. The van der Waals surface area contributed by atoms with Crippen molar-refractivity contribution in [2.75, 3.05) is 4.31 Å². The Morgan fingerprint density at radius 3 is 2.58 bits per heavy atom. The van der Waals surface area contributed by atoms with Crippen molar-refractivity contribution in [1.29, 1.82) is 0 Å². The van der Waals surface area contributed by atoms with Gasteiger partial charge in [-0.25, -0.2) is 17.7 Å². The summed E-state index contributed by atoms with van der Waals surface area (Å²) in [7, 11) is 0. The third kappa shape index (κ3) is 2.82. The first-order valence-electron chi connectivity index (χ1n) is 6.62. The highest BCUT2D eigenvalue weighted by atomic mass is 32.2. The van der Waals surface area contributed by atoms with Gasteiger partial charge in [-0.3, -0.25) is 14.5 Å². The molecule has 1 aromatic heterocycles. The van der Waals surface area contributed by atoms with E-state index in [0.717, 1.165) is 22.5 Å². The summed E-state index contributed by atoms with van der Waals surface area (Å²) in [6.07, 6.45) is 2.85. The second kappa shape index (κ2) is 6.30. The Morgan fingerprint density at radius 1 is 1.12 bits per heavy atom. The molecule has 1 atom stereocenters. The first-order valence-corrected chi connectivity index (χ1v) is 7.69. The van der Waals surface area contributed by atoms with Gasteiger partial charge >= 0.3 is 5.97 Å². The zero-order valence-corrected chi connectivity index (χ0v) is 12.8. The molecule has 0 bridgehead atoms. The van der Waals surface area contributed by atoms with Crippen LogP contribution in [-0.2, 0) is 11.3 Å². The molecule has 0 aliphatic rings. The molecule has 1 unspecified atom stereocenters. The fourth-order valence-corrected chi connectivity index (χ4v) is 2.93. The highest BCUT2D eigenvalue weighted by molar-refractivity contribution is 7.81. The normalized spacial score (nSPS) is 12.1. The number of nitrogens with zero attached hydrogens (tertiary/aromatic N) is 3. The summed E-state index contributed by atoms with van der Waals surface area (Å²) in [6, 6.07) is 7.58. The van der Waals surface area contributed by atoms with Gasteiger partial charge in [0.05, 0.1) is 22.5 Å². The van der Waals surface area contributed by atoms with Gasteiger partial charge in [0.15, 0.2) is 0 Å². The second-order valence-electron chi connectivity index (χ2n) is 4.69. The number of fused-ring (bicyclic) bond motifs is 1. The molecule has 0 aliphatic heterocycles. The van der Waals surface area contributed by atoms with Gasteiger partial charge in [0.1, 0.15) is 11.3 Å². The summed E-state index contributed by atoms with van der Waals surface area (Å²) in [5, 5.41) is 9.29. The molecule has 0 saturated heterocycles. The van der Waals surface area contributed by atoms with Gasteiger partial charge in [-0.05, 0) is 30.3 Å². The first-order chi connectivity index (χ1) is 11.5. The fraction of sp³-hybridized carbons (Fsp3) is 0. The van der Waals surface area contributed by atoms with Crippen LogP contribution in [0.15, 0.2) is 48.8 Å². The largest absolute Gasteiger partial charge is 0.478 e. The number of para-hydroxylation sites is 1. The van der Waals surface area contributed by atoms with E-state index in [0.29, 0.717) is 5.52 Å². The van der Waals surface area contributed by atoms with Gasteiger partial charge in [-0.2, -0.15) is 0 Å². The topological polar surface area (TPSA) is 104 Å². The Hall–Kier alpha value is -2.91. The Labute approximate surface area is 137 Å². The van der Waals surface area contributed by atoms with Crippen molar-refractivity contribution in [2.45, 2.75) is 0 Å². The van der Waals surface area contributed by atoms with Crippen molar-refractivity contribution in [3.63, 3.8) is 0 Å². The molecular formula is C15H10FN3O4S. The zero-order chi connectivity index (χ0) is 17.3. The minimum absolute atomic E-state index is 0.134. The maximum atomic E-state index is 13.6. The van der Waals surface area contributed by atoms with Crippen LogP contribution in [0.25, 0.3) is 11.0 Å². The average molecular weight is 347 g/mol. The molecule has 24 heavy (non-hydrogen) atoms. The van der Waals surface area contributed by atoms with Crippen molar-refractivity contribution >= 4 is 39.6 Å². The monoisotopic (exact) mass is 347 g/mol. The molecule has 0 spiro atoms. The predicted molar refractivity (Wildman–Crippen MR) is 85.8 cm³/mol. The number of halogens is 1. The number of carbonyl (C=O) groups is 1. The van der Waals surface area contributed by atoms with Crippen LogP contribution in [0.4, 0.5) is 15.8 Å². The van der Waals surface area contributed by atoms with Crippen LogP contribution in [0.3, 0.4) is 0 Å². The van der Waals surface area contributed by atoms with Gasteiger partial charge in [-0.1, -0.05) is 6.07 Å². The van der Waals surface area contributed by atoms with E-state index in [1.54, 1.807) is 12.1 Å². The van der Waals surface area contributed by atoms with E-state index in [-0.39, 0.29) is 22.5 Å². The quantitative estimate of drug-likeness (QED) is 0.703. The third-order valence-electron chi connectivity index (χ3n) is 3.26. The lowest BCUT2D eigenvalue weighted by molar-refractivity contribution is 0.0698. The summed E-state index contributed by atoms with van der Waals surface area (Å²) >= 11 is -2.66. The van der Waals surface area contributed by atoms with Crippen LogP contribution >= 0.6 is 0 Å². The number of hydrogen-bond acceptors (Lipinski definition) is 4. The first kappa shape index (κ1) is 16.0. The summed E-state index contributed by atoms with van der Waals surface area (Å²) in [6.45, 7) is 0. The summed E-state index contributed by atoms with van der Waals surface area (Å²) in [5.74, 6) is -2.09. The number of hydrogen-bond donors (Lipinski definition) is 2. The molecule has 0 amide bonds. The lowest BCUT2D eigenvalue weighted by atomic mass is 10.1. The van der Waals surface area contributed by atoms with Crippen molar-refractivity contribution < 1.29 is 23.1 Å². The smallest absolute Gasteiger partial charge is 0.337 e. The predicted octanol–water partition coefficient (Wildman–Crippen LogP) is 2.74. The second-order valence-corrected chi connectivity index (χ2v) is 5.52. The molecule has 122 valence electrons. The van der Waals surface area contributed by atoms with Crippen LogP contribution in [0, 0.1) is 5.82 Å². The lowest BCUT2D eigenvalue weighted by Crippen LogP contribution is -2.22. The minimum atomic E-state index is -2.66. The van der Waals surface area contributed by atoms with Crippen molar-refractivity contribution in [2.24, 2.45) is 0 Å². The van der Waals surface area contributed by atoms with Crippen molar-refractivity contribution in [3.05, 3.63) is 60.2 Å². The Morgan fingerprint density at radius 2 is 1.88 bits per heavy atom. The van der Waals surface area contributed by atoms with Crippen LogP contribution in [0.1, 0.15) is 10.4 Å². The van der Waals surface area contributed by atoms with E-state index in [9.17, 15) is 23.1 Å². The molecule has 3 rings (SSSR count). The Balaban J connectivity index is 2.31. The van der Waals surface area contributed by atoms with Crippen LogP contribution < -0.4 is 4.31 Å². The fourth-order valence-electron chi connectivity index (χ4n) is 2.29. The van der Waals surface area contributed by atoms with Crippen LogP contribution in [0.5, 0.6) is 0 Å². The number of anilines is 2. The molecule has 7 nitrogen and oxygen atoms in total. The lowest BCUT2D eigenvalue weighted by Gasteiger charge is -2.22. The standard InChI is InChI=1S/C15H10FN3O4S/c16-9-4-5-10(15(20)21)13(8-9)19(24(22)23)12-3-1-2-11-14(12)18-7-6-17-11/h1-8H,(H,20,21)(H,22,23). The molecule has 0 radical (unpaired) electrons. The highest BCUT2D eigenvalue weighted by Crippen LogP contribution is 2.34. The van der Waals surface area contributed by atoms with E-state index in [2.05, 4.69) is 9.97 Å². The van der Waals surface area contributed by atoms with Gasteiger partial charge < -0.3 is 5.11 Å². The summed E-state index contributed by atoms with van der Waals surface area (Å²) in [4.78, 5) is 19.6. The molecule has 0 aliphatic carbocycles. The van der Waals surface area contributed by atoms with E-state index in [1.807, 2.05) is 0 Å². The molecule has 0 fully saturated rings.